The maximum absolute atomic E-state index is 12.2. The summed E-state index contributed by atoms with van der Waals surface area (Å²) in [6, 6.07) is 6.93. The minimum atomic E-state index is -0.493. The number of furan rings is 2. The van der Waals surface area contributed by atoms with Crippen LogP contribution in [0, 0.1) is 0 Å². The van der Waals surface area contributed by atoms with E-state index in [-0.39, 0.29) is 18.0 Å². The van der Waals surface area contributed by atoms with Gasteiger partial charge in [-0.25, -0.2) is 0 Å². The lowest BCUT2D eigenvalue weighted by atomic mass is 10.3. The third-order valence-electron chi connectivity index (χ3n) is 3.27. The van der Waals surface area contributed by atoms with E-state index in [1.54, 1.807) is 36.4 Å². The molecule has 0 radical (unpaired) electrons. The Hall–Kier alpha value is -3.00. The molecule has 1 N–H and O–H groups in total. The second-order valence-electron chi connectivity index (χ2n) is 5.02. The molecule has 3 rings (SSSR count). The summed E-state index contributed by atoms with van der Waals surface area (Å²) < 4.78 is 10.2. The highest BCUT2D eigenvalue weighted by molar-refractivity contribution is 8.18. The largest absolute Gasteiger partial charge is 0.467 e. The predicted octanol–water partition coefficient (Wildman–Crippen LogP) is 2.78. The first-order valence-electron chi connectivity index (χ1n) is 7.38. The summed E-state index contributed by atoms with van der Waals surface area (Å²) in [6.07, 6.45) is 7.85. The summed E-state index contributed by atoms with van der Waals surface area (Å²) in [4.78, 5) is 37.3. The van der Waals surface area contributed by atoms with Gasteiger partial charge in [-0.3, -0.25) is 19.3 Å². The number of carbonyl (C=O) groups is 3. The van der Waals surface area contributed by atoms with Gasteiger partial charge in [0.15, 0.2) is 0 Å². The van der Waals surface area contributed by atoms with E-state index in [2.05, 4.69) is 5.32 Å². The van der Waals surface area contributed by atoms with E-state index in [0.717, 1.165) is 16.7 Å². The molecule has 3 heterocycles. The van der Waals surface area contributed by atoms with Gasteiger partial charge in [-0.15, -0.1) is 0 Å². The molecule has 8 heteroatoms. The van der Waals surface area contributed by atoms with Crippen molar-refractivity contribution < 1.29 is 23.2 Å². The molecule has 1 aliphatic heterocycles. The first kappa shape index (κ1) is 16.8. The lowest BCUT2D eigenvalue weighted by Crippen LogP contribution is -2.39. The molecule has 25 heavy (non-hydrogen) atoms. The topological polar surface area (TPSA) is 92.8 Å². The third kappa shape index (κ3) is 4.30. The molecule has 0 saturated carbocycles. The van der Waals surface area contributed by atoms with Crippen LogP contribution in [-0.4, -0.2) is 28.5 Å². The van der Waals surface area contributed by atoms with Gasteiger partial charge in [0.25, 0.3) is 11.1 Å². The smallest absolute Gasteiger partial charge is 0.294 e. The average molecular weight is 358 g/mol. The van der Waals surface area contributed by atoms with Gasteiger partial charge in [0.1, 0.15) is 18.1 Å². The molecule has 1 aliphatic rings. The molecule has 2 aromatic rings. The van der Waals surface area contributed by atoms with Crippen LogP contribution in [-0.2, 0) is 16.1 Å². The van der Waals surface area contributed by atoms with E-state index >= 15 is 0 Å². The number of nitrogens with zero attached hydrogens (tertiary/aromatic N) is 1. The molecule has 0 spiro atoms. The lowest BCUT2D eigenvalue weighted by Gasteiger charge is -2.11. The molecular weight excluding hydrogens is 344 g/mol. The molecule has 0 atom stereocenters. The zero-order valence-corrected chi connectivity index (χ0v) is 13.8. The van der Waals surface area contributed by atoms with Crippen LogP contribution >= 0.6 is 11.8 Å². The lowest BCUT2D eigenvalue weighted by molar-refractivity contribution is -0.129. The number of nitrogens with one attached hydrogen (secondary N) is 1. The Bertz CT molecular complexity index is 821. The van der Waals surface area contributed by atoms with Gasteiger partial charge in [0.2, 0.25) is 5.91 Å². The first-order valence-corrected chi connectivity index (χ1v) is 8.20. The molecule has 128 valence electrons. The number of amides is 3. The highest BCUT2D eigenvalue weighted by Gasteiger charge is 2.35. The van der Waals surface area contributed by atoms with Gasteiger partial charge in [-0.1, -0.05) is 6.08 Å². The summed E-state index contributed by atoms with van der Waals surface area (Å²) in [5.41, 5.74) is 0. The van der Waals surface area contributed by atoms with E-state index in [9.17, 15) is 14.4 Å². The molecule has 0 aliphatic carbocycles. The van der Waals surface area contributed by atoms with Crippen molar-refractivity contribution in [1.29, 1.82) is 0 Å². The fourth-order valence-electron chi connectivity index (χ4n) is 2.07. The zero-order chi connectivity index (χ0) is 17.6. The van der Waals surface area contributed by atoms with Crippen LogP contribution in [0.2, 0.25) is 0 Å². The molecule has 1 fully saturated rings. The summed E-state index contributed by atoms with van der Waals surface area (Å²) in [5, 5.41) is 2.12. The second kappa shape index (κ2) is 7.71. The van der Waals surface area contributed by atoms with Crippen LogP contribution in [0.5, 0.6) is 0 Å². The minimum Gasteiger partial charge on any atom is -0.467 e. The molecule has 7 nitrogen and oxygen atoms in total. The van der Waals surface area contributed by atoms with Crippen molar-refractivity contribution in [2.45, 2.75) is 6.54 Å². The maximum atomic E-state index is 12.2. The van der Waals surface area contributed by atoms with Gasteiger partial charge in [-0.05, 0) is 48.2 Å². The van der Waals surface area contributed by atoms with Crippen molar-refractivity contribution in [1.82, 2.24) is 10.2 Å². The number of carbonyl (C=O) groups excluding carboxylic acids is 3. The van der Waals surface area contributed by atoms with Gasteiger partial charge < -0.3 is 14.2 Å². The fourth-order valence-corrected chi connectivity index (χ4v) is 2.86. The van der Waals surface area contributed by atoms with E-state index in [1.165, 1.54) is 18.6 Å². The van der Waals surface area contributed by atoms with Gasteiger partial charge in [0, 0.05) is 0 Å². The summed E-state index contributed by atoms with van der Waals surface area (Å²) >= 11 is 0.795. The van der Waals surface area contributed by atoms with Crippen LogP contribution in [0.4, 0.5) is 4.79 Å². The van der Waals surface area contributed by atoms with Crippen LogP contribution < -0.4 is 5.32 Å². The van der Waals surface area contributed by atoms with Gasteiger partial charge >= 0.3 is 0 Å². The van der Waals surface area contributed by atoms with Crippen molar-refractivity contribution >= 4 is 34.9 Å². The SMILES string of the molecule is O=C(CN1C(=O)S/C(=C\C=C\c2ccco2)C1=O)NCc1ccco1. The van der Waals surface area contributed by atoms with Gasteiger partial charge in [-0.2, -0.15) is 0 Å². The Kier molecular flexibility index (Phi) is 5.20. The van der Waals surface area contributed by atoms with Gasteiger partial charge in [0.05, 0.1) is 24.0 Å². The second-order valence-corrected chi connectivity index (χ2v) is 6.01. The van der Waals surface area contributed by atoms with E-state index in [0.29, 0.717) is 11.5 Å². The highest BCUT2D eigenvalue weighted by Crippen LogP contribution is 2.30. The highest BCUT2D eigenvalue weighted by atomic mass is 32.2. The van der Waals surface area contributed by atoms with Crippen molar-refractivity contribution in [3.63, 3.8) is 0 Å². The first-order chi connectivity index (χ1) is 12.1. The number of allylic oxidation sites excluding steroid dienone is 2. The van der Waals surface area contributed by atoms with Crippen LogP contribution in [0.1, 0.15) is 11.5 Å². The van der Waals surface area contributed by atoms with E-state index in [1.807, 2.05) is 0 Å². The molecular formula is C17H14N2O5S. The molecule has 0 unspecified atom stereocenters. The molecule has 3 amide bonds. The summed E-state index contributed by atoms with van der Waals surface area (Å²) in [6.45, 7) is -0.131. The Morgan fingerprint density at radius 1 is 1.20 bits per heavy atom. The Morgan fingerprint density at radius 2 is 2.00 bits per heavy atom. The van der Waals surface area contributed by atoms with Crippen LogP contribution in [0.3, 0.4) is 0 Å². The van der Waals surface area contributed by atoms with Crippen LogP contribution in [0.15, 0.2) is 62.7 Å². The Morgan fingerprint density at radius 3 is 2.72 bits per heavy atom. The van der Waals surface area contributed by atoms with Crippen molar-refractivity contribution in [3.05, 3.63) is 65.4 Å². The summed E-state index contributed by atoms with van der Waals surface area (Å²) in [7, 11) is 0. The van der Waals surface area contributed by atoms with Crippen molar-refractivity contribution in [2.24, 2.45) is 0 Å². The quantitative estimate of drug-likeness (QED) is 0.798. The molecule has 0 aromatic carbocycles. The Labute approximate surface area is 147 Å². The molecule has 2 aromatic heterocycles. The standard InChI is InChI=1S/C17H14N2O5S/c20-15(18-10-13-6-3-9-24-13)11-19-16(21)14(25-17(19)22)7-1-4-12-5-2-8-23-12/h1-9H,10-11H2,(H,18,20)/b4-1+,14-7-. The zero-order valence-electron chi connectivity index (χ0n) is 13.0. The van der Waals surface area contributed by atoms with E-state index in [4.69, 9.17) is 8.83 Å². The number of hydrogen-bond donors (Lipinski definition) is 1. The summed E-state index contributed by atoms with van der Waals surface area (Å²) in [5.74, 6) is 0.288. The Balaban J connectivity index is 1.56. The number of thioether (sulfide) groups is 1. The minimum absolute atomic E-state index is 0.198. The monoisotopic (exact) mass is 358 g/mol. The number of hydrogen-bond acceptors (Lipinski definition) is 6. The van der Waals surface area contributed by atoms with Crippen molar-refractivity contribution in [2.75, 3.05) is 6.54 Å². The van der Waals surface area contributed by atoms with E-state index < -0.39 is 17.1 Å². The average Bonchev–Trinajstić information content (AvgIpc) is 3.33. The molecule has 0 bridgehead atoms. The predicted molar refractivity (Wildman–Crippen MR) is 91.1 cm³/mol. The molecule has 1 saturated heterocycles. The number of imide groups is 1. The normalized spacial score (nSPS) is 16.3. The van der Waals surface area contributed by atoms with Crippen LogP contribution in [0.25, 0.3) is 6.08 Å². The third-order valence-corrected chi connectivity index (χ3v) is 4.19. The maximum Gasteiger partial charge on any atom is 0.294 e. The van der Waals surface area contributed by atoms with Crippen molar-refractivity contribution in [3.8, 4) is 0 Å². The number of rotatable bonds is 6. The fraction of sp³-hybridized carbons (Fsp3) is 0.118.